The number of aromatic nitrogens is 1. The Labute approximate surface area is 226 Å². The highest BCUT2D eigenvalue weighted by Gasteiger charge is 2.33. The summed E-state index contributed by atoms with van der Waals surface area (Å²) in [5, 5.41) is 5.77. The van der Waals surface area contributed by atoms with E-state index in [-0.39, 0.29) is 10.9 Å². The fourth-order valence-electron chi connectivity index (χ4n) is 3.83. The van der Waals surface area contributed by atoms with Crippen LogP contribution in [-0.4, -0.2) is 62.0 Å². The zero-order valence-electron chi connectivity index (χ0n) is 22.9. The lowest BCUT2D eigenvalue weighted by molar-refractivity contribution is 0.102. The Hall–Kier alpha value is -2.76. The van der Waals surface area contributed by atoms with Gasteiger partial charge in [0.05, 0.1) is 5.69 Å². The minimum absolute atomic E-state index is 0.138. The number of rotatable bonds is 5. The van der Waals surface area contributed by atoms with E-state index in [0.29, 0.717) is 10.7 Å². The van der Waals surface area contributed by atoms with E-state index in [1.807, 2.05) is 35.7 Å². The fourth-order valence-corrected chi connectivity index (χ4v) is 5.38. The van der Waals surface area contributed by atoms with E-state index in [2.05, 4.69) is 90.7 Å². The number of nitrogens with one attached hydrogen (secondary N) is 1. The minimum atomic E-state index is -1.67. The van der Waals surface area contributed by atoms with Gasteiger partial charge in [0.1, 0.15) is 8.07 Å². The number of thiazole rings is 1. The average Bonchev–Trinajstić information content (AvgIpc) is 3.33. The summed E-state index contributed by atoms with van der Waals surface area (Å²) in [7, 11) is 0.491. The topological polar surface area (TPSA) is 48.5 Å². The van der Waals surface area contributed by atoms with Gasteiger partial charge < -0.3 is 4.90 Å². The molecule has 0 radical (unpaired) electrons. The third-order valence-corrected chi connectivity index (χ3v) is 12.8. The summed E-state index contributed by atoms with van der Waals surface area (Å²) in [6.07, 6.45) is 0. The van der Waals surface area contributed by atoms with Gasteiger partial charge in [-0.3, -0.25) is 15.0 Å². The SMILES string of the molecule is CN1CCN(Cc2ccc(C(=O)Nc3nc(-c4cccc(C#C[Si](C)(C)C(C)(C)C)c4)cs3)cc2)CC1. The van der Waals surface area contributed by atoms with E-state index < -0.39 is 8.07 Å². The zero-order chi connectivity index (χ0) is 26.6. The van der Waals surface area contributed by atoms with Crippen molar-refractivity contribution in [2.24, 2.45) is 0 Å². The summed E-state index contributed by atoms with van der Waals surface area (Å²) < 4.78 is 0. The molecule has 1 N–H and O–H groups in total. The number of carbonyl (C=O) groups excluding carboxylic acids is 1. The quantitative estimate of drug-likeness (QED) is 0.315. The molecule has 2 aromatic carbocycles. The molecule has 0 bridgehead atoms. The highest BCUT2D eigenvalue weighted by atomic mass is 32.1. The Morgan fingerprint density at radius 1 is 1.08 bits per heavy atom. The molecular formula is C30H38N4OSSi. The van der Waals surface area contributed by atoms with Crippen LogP contribution < -0.4 is 5.32 Å². The molecule has 0 spiro atoms. The molecule has 2 heterocycles. The van der Waals surface area contributed by atoms with Gasteiger partial charge >= 0.3 is 0 Å². The highest BCUT2D eigenvalue weighted by Crippen LogP contribution is 2.35. The van der Waals surface area contributed by atoms with Crippen molar-refractivity contribution in [3.8, 4) is 22.7 Å². The minimum Gasteiger partial charge on any atom is -0.304 e. The van der Waals surface area contributed by atoms with Crippen LogP contribution in [0.5, 0.6) is 0 Å². The Kier molecular flexibility index (Phi) is 8.35. The highest BCUT2D eigenvalue weighted by molar-refractivity contribution is 7.14. The van der Waals surface area contributed by atoms with E-state index in [4.69, 9.17) is 0 Å². The Balaban J connectivity index is 1.38. The van der Waals surface area contributed by atoms with E-state index >= 15 is 0 Å². The van der Waals surface area contributed by atoms with Gasteiger partial charge in [-0.05, 0) is 41.9 Å². The number of nitrogens with zero attached hydrogens (tertiary/aromatic N) is 3. The number of hydrogen-bond donors (Lipinski definition) is 1. The Bertz CT molecular complexity index is 1290. The molecule has 1 amide bonds. The molecule has 1 aliphatic heterocycles. The van der Waals surface area contributed by atoms with E-state index in [1.54, 1.807) is 0 Å². The maximum absolute atomic E-state index is 12.8. The monoisotopic (exact) mass is 530 g/mol. The van der Waals surface area contributed by atoms with Crippen LogP contribution in [0.25, 0.3) is 11.3 Å². The molecule has 4 rings (SSSR count). The average molecular weight is 531 g/mol. The van der Waals surface area contributed by atoms with E-state index in [9.17, 15) is 4.79 Å². The lowest BCUT2D eigenvalue weighted by Crippen LogP contribution is -2.43. The number of likely N-dealkylation sites (N-methyl/N-ethyl adjacent to an activating group) is 1. The second kappa shape index (κ2) is 11.3. The molecule has 1 aromatic heterocycles. The maximum atomic E-state index is 12.8. The first-order chi connectivity index (χ1) is 17.5. The summed E-state index contributed by atoms with van der Waals surface area (Å²) in [6, 6.07) is 16.1. The molecule has 3 aromatic rings. The van der Waals surface area contributed by atoms with E-state index in [0.717, 1.165) is 49.5 Å². The Morgan fingerprint density at radius 2 is 1.78 bits per heavy atom. The van der Waals surface area contributed by atoms with Gasteiger partial charge in [0, 0.05) is 54.8 Å². The molecule has 37 heavy (non-hydrogen) atoms. The van der Waals surface area contributed by atoms with Crippen molar-refractivity contribution in [3.05, 3.63) is 70.6 Å². The molecule has 7 heteroatoms. The van der Waals surface area contributed by atoms with Crippen molar-refractivity contribution in [1.82, 2.24) is 14.8 Å². The largest absolute Gasteiger partial charge is 0.304 e. The number of amides is 1. The Morgan fingerprint density at radius 3 is 2.46 bits per heavy atom. The molecular weight excluding hydrogens is 493 g/mol. The van der Waals surface area contributed by atoms with Gasteiger partial charge in [0.25, 0.3) is 5.91 Å². The van der Waals surface area contributed by atoms with Crippen LogP contribution in [0, 0.1) is 11.5 Å². The maximum Gasteiger partial charge on any atom is 0.257 e. The van der Waals surface area contributed by atoms with Crippen molar-refractivity contribution < 1.29 is 4.79 Å². The first-order valence-corrected chi connectivity index (χ1v) is 16.8. The second-order valence-corrected chi connectivity index (χ2v) is 17.3. The predicted octanol–water partition coefficient (Wildman–Crippen LogP) is 6.21. The molecule has 1 saturated heterocycles. The zero-order valence-corrected chi connectivity index (χ0v) is 24.7. The second-order valence-electron chi connectivity index (χ2n) is 11.5. The van der Waals surface area contributed by atoms with Gasteiger partial charge in [0.15, 0.2) is 5.13 Å². The van der Waals surface area contributed by atoms with Crippen LogP contribution >= 0.6 is 11.3 Å². The molecule has 0 saturated carbocycles. The molecule has 1 aliphatic rings. The number of anilines is 1. The number of carbonyl (C=O) groups is 1. The van der Waals surface area contributed by atoms with E-state index in [1.165, 1.54) is 16.9 Å². The number of hydrogen-bond acceptors (Lipinski definition) is 5. The van der Waals surface area contributed by atoms with Crippen LogP contribution in [-0.2, 0) is 6.54 Å². The molecule has 0 aliphatic carbocycles. The normalized spacial score (nSPS) is 15.2. The smallest absolute Gasteiger partial charge is 0.257 e. The number of benzene rings is 2. The molecule has 194 valence electrons. The third-order valence-electron chi connectivity index (χ3n) is 7.50. The summed E-state index contributed by atoms with van der Waals surface area (Å²) >= 11 is 1.44. The van der Waals surface area contributed by atoms with Gasteiger partial charge in [-0.1, -0.05) is 64.1 Å². The molecule has 0 atom stereocenters. The van der Waals surface area contributed by atoms with Crippen LogP contribution in [0.3, 0.4) is 0 Å². The summed E-state index contributed by atoms with van der Waals surface area (Å²) in [6.45, 7) is 16.8. The lowest BCUT2D eigenvalue weighted by atomic mass is 10.1. The lowest BCUT2D eigenvalue weighted by Gasteiger charge is -2.32. The van der Waals surface area contributed by atoms with Crippen molar-refractivity contribution in [2.75, 3.05) is 38.5 Å². The first-order valence-electron chi connectivity index (χ1n) is 12.9. The van der Waals surface area contributed by atoms with Crippen LogP contribution in [0.2, 0.25) is 18.1 Å². The molecule has 5 nitrogen and oxygen atoms in total. The number of piperazine rings is 1. The van der Waals surface area contributed by atoms with Crippen molar-refractivity contribution in [1.29, 1.82) is 0 Å². The van der Waals surface area contributed by atoms with Gasteiger partial charge in [0.2, 0.25) is 0 Å². The molecule has 0 unspecified atom stereocenters. The first kappa shape index (κ1) is 27.3. The van der Waals surface area contributed by atoms with Crippen molar-refractivity contribution >= 4 is 30.4 Å². The van der Waals surface area contributed by atoms with Crippen molar-refractivity contribution in [2.45, 2.75) is 45.4 Å². The summed E-state index contributed by atoms with van der Waals surface area (Å²) in [4.78, 5) is 22.3. The van der Waals surface area contributed by atoms with Crippen LogP contribution in [0.15, 0.2) is 53.9 Å². The predicted molar refractivity (Wildman–Crippen MR) is 159 cm³/mol. The standard InChI is InChI=1S/C30H38N4OSSi/c1-30(2,3)37(5,6)19-14-23-8-7-9-26(20-23)27-22-36-29(31-27)32-28(35)25-12-10-24(11-13-25)21-34-17-15-33(4)16-18-34/h7-13,20,22H,15-18,21H2,1-6H3,(H,31,32,35). The molecule has 1 fully saturated rings. The van der Waals surface area contributed by atoms with Gasteiger partial charge in [-0.15, -0.1) is 16.9 Å². The van der Waals surface area contributed by atoms with Gasteiger partial charge in [-0.25, -0.2) is 4.98 Å². The van der Waals surface area contributed by atoms with Crippen molar-refractivity contribution in [3.63, 3.8) is 0 Å². The third kappa shape index (κ3) is 7.17. The summed E-state index contributed by atoms with van der Waals surface area (Å²) in [5.41, 5.74) is 8.30. The van der Waals surface area contributed by atoms with Crippen LogP contribution in [0.1, 0.15) is 42.3 Å². The van der Waals surface area contributed by atoms with Crippen LogP contribution in [0.4, 0.5) is 5.13 Å². The van der Waals surface area contributed by atoms with Gasteiger partial charge in [-0.2, -0.15) is 0 Å². The summed E-state index contributed by atoms with van der Waals surface area (Å²) in [5.74, 6) is 3.27. The fraction of sp³-hybridized carbons (Fsp3) is 0.400.